The van der Waals surface area contributed by atoms with E-state index >= 15 is 0 Å². The Morgan fingerprint density at radius 3 is 2.82 bits per heavy atom. The largest absolute Gasteiger partial charge is 0.372 e. The number of nitrogens with one attached hydrogen (secondary N) is 2. The second-order valence-electron chi connectivity index (χ2n) is 5.08. The number of anilines is 1. The van der Waals surface area contributed by atoms with Crippen molar-refractivity contribution in [3.8, 4) is 0 Å². The molecular weight excluding hydrogens is 280 g/mol. The van der Waals surface area contributed by atoms with Crippen molar-refractivity contribution >= 4 is 11.9 Å². The van der Waals surface area contributed by atoms with Crippen molar-refractivity contribution in [3.63, 3.8) is 0 Å². The number of nitrogens with zero attached hydrogens (tertiary/aromatic N) is 2. The van der Waals surface area contributed by atoms with E-state index in [1.54, 1.807) is 18.5 Å². The van der Waals surface area contributed by atoms with E-state index in [4.69, 9.17) is 4.74 Å². The van der Waals surface area contributed by atoms with Crippen LogP contribution in [0.4, 0.5) is 5.95 Å². The molecule has 1 aliphatic rings. The van der Waals surface area contributed by atoms with Gasteiger partial charge < -0.3 is 15.4 Å². The first-order valence-corrected chi connectivity index (χ1v) is 7.31. The Morgan fingerprint density at radius 1 is 1.14 bits per heavy atom. The number of rotatable bonds is 6. The molecule has 0 aliphatic carbocycles. The summed E-state index contributed by atoms with van der Waals surface area (Å²) in [6.45, 7) is 2.55. The molecule has 1 aliphatic heterocycles. The predicted molar refractivity (Wildman–Crippen MR) is 82.4 cm³/mol. The third-order valence-corrected chi connectivity index (χ3v) is 3.47. The molecule has 1 aromatic carbocycles. The summed E-state index contributed by atoms with van der Waals surface area (Å²) in [6, 6.07) is 7.49. The van der Waals surface area contributed by atoms with E-state index < -0.39 is 0 Å². The molecule has 2 N–H and O–H groups in total. The molecule has 2 aromatic rings. The number of ether oxygens (including phenoxy) is 1. The SMILES string of the molecule is O=C(NCCCNc1ncccn1)c1ccc2c(c1)COC2. The molecule has 1 aromatic heterocycles. The highest BCUT2D eigenvalue weighted by atomic mass is 16.5. The summed E-state index contributed by atoms with van der Waals surface area (Å²) in [7, 11) is 0. The second-order valence-corrected chi connectivity index (χ2v) is 5.08. The Balaban J connectivity index is 1.41. The summed E-state index contributed by atoms with van der Waals surface area (Å²) in [6.07, 6.45) is 4.18. The highest BCUT2D eigenvalue weighted by Gasteiger charge is 2.13. The zero-order valence-electron chi connectivity index (χ0n) is 12.2. The van der Waals surface area contributed by atoms with E-state index in [2.05, 4.69) is 20.6 Å². The van der Waals surface area contributed by atoms with E-state index in [-0.39, 0.29) is 5.91 Å². The smallest absolute Gasteiger partial charge is 0.251 e. The zero-order valence-corrected chi connectivity index (χ0v) is 12.2. The number of aromatic nitrogens is 2. The van der Waals surface area contributed by atoms with Gasteiger partial charge in [-0.2, -0.15) is 0 Å². The van der Waals surface area contributed by atoms with Crippen molar-refractivity contribution < 1.29 is 9.53 Å². The fourth-order valence-electron chi connectivity index (χ4n) is 2.30. The van der Waals surface area contributed by atoms with Gasteiger partial charge in [-0.1, -0.05) is 6.07 Å². The van der Waals surface area contributed by atoms with E-state index in [0.29, 0.717) is 37.8 Å². The van der Waals surface area contributed by atoms with Gasteiger partial charge in [0.25, 0.3) is 5.91 Å². The third kappa shape index (κ3) is 3.59. The second kappa shape index (κ2) is 7.00. The molecule has 0 spiro atoms. The zero-order chi connectivity index (χ0) is 15.2. The van der Waals surface area contributed by atoms with Crippen LogP contribution in [0.3, 0.4) is 0 Å². The maximum Gasteiger partial charge on any atom is 0.251 e. The molecule has 114 valence electrons. The molecule has 0 bridgehead atoms. The molecule has 0 unspecified atom stereocenters. The summed E-state index contributed by atoms with van der Waals surface area (Å²) < 4.78 is 5.35. The molecule has 0 saturated heterocycles. The number of hydrogen-bond acceptors (Lipinski definition) is 5. The maximum atomic E-state index is 12.1. The van der Waals surface area contributed by atoms with Crippen LogP contribution in [0.2, 0.25) is 0 Å². The number of carbonyl (C=O) groups excluding carboxylic acids is 1. The Hall–Kier alpha value is -2.47. The van der Waals surface area contributed by atoms with Crippen LogP contribution in [0, 0.1) is 0 Å². The molecule has 6 nitrogen and oxygen atoms in total. The van der Waals surface area contributed by atoms with Crippen LogP contribution in [-0.2, 0) is 18.0 Å². The van der Waals surface area contributed by atoms with Crippen molar-refractivity contribution in [2.24, 2.45) is 0 Å². The minimum absolute atomic E-state index is 0.0503. The van der Waals surface area contributed by atoms with Crippen molar-refractivity contribution in [1.82, 2.24) is 15.3 Å². The number of fused-ring (bicyclic) bond motifs is 1. The van der Waals surface area contributed by atoms with Gasteiger partial charge in [0.1, 0.15) is 0 Å². The van der Waals surface area contributed by atoms with Gasteiger partial charge in [-0.25, -0.2) is 9.97 Å². The minimum Gasteiger partial charge on any atom is -0.372 e. The van der Waals surface area contributed by atoms with E-state index in [1.165, 1.54) is 5.56 Å². The van der Waals surface area contributed by atoms with E-state index in [0.717, 1.165) is 12.0 Å². The van der Waals surface area contributed by atoms with Gasteiger partial charge in [0, 0.05) is 31.0 Å². The van der Waals surface area contributed by atoms with Gasteiger partial charge in [-0.15, -0.1) is 0 Å². The van der Waals surface area contributed by atoms with Crippen LogP contribution in [-0.4, -0.2) is 29.0 Å². The van der Waals surface area contributed by atoms with Gasteiger partial charge in [-0.05, 0) is 35.7 Å². The van der Waals surface area contributed by atoms with Gasteiger partial charge >= 0.3 is 0 Å². The third-order valence-electron chi connectivity index (χ3n) is 3.47. The molecule has 0 saturated carbocycles. The molecule has 0 fully saturated rings. The average molecular weight is 298 g/mol. The summed E-state index contributed by atoms with van der Waals surface area (Å²) in [5, 5.41) is 6.02. The molecule has 0 atom stereocenters. The molecule has 3 rings (SSSR count). The lowest BCUT2D eigenvalue weighted by atomic mass is 10.1. The van der Waals surface area contributed by atoms with E-state index in [9.17, 15) is 4.79 Å². The Morgan fingerprint density at radius 2 is 1.95 bits per heavy atom. The van der Waals surface area contributed by atoms with Crippen molar-refractivity contribution in [2.45, 2.75) is 19.6 Å². The minimum atomic E-state index is -0.0503. The fourth-order valence-corrected chi connectivity index (χ4v) is 2.30. The highest BCUT2D eigenvalue weighted by molar-refractivity contribution is 5.94. The van der Waals surface area contributed by atoms with Crippen LogP contribution >= 0.6 is 0 Å². The molecule has 1 amide bonds. The quantitative estimate of drug-likeness (QED) is 0.794. The van der Waals surface area contributed by atoms with Crippen LogP contribution in [0.15, 0.2) is 36.7 Å². The van der Waals surface area contributed by atoms with Gasteiger partial charge in [0.15, 0.2) is 0 Å². The summed E-state index contributed by atoms with van der Waals surface area (Å²) in [5.41, 5.74) is 2.96. The molecule has 2 heterocycles. The van der Waals surface area contributed by atoms with Gasteiger partial charge in [0.05, 0.1) is 13.2 Å². The predicted octanol–water partition coefficient (Wildman–Crippen LogP) is 1.74. The first kappa shape index (κ1) is 14.5. The summed E-state index contributed by atoms with van der Waals surface area (Å²) in [4.78, 5) is 20.2. The molecule has 0 radical (unpaired) electrons. The highest BCUT2D eigenvalue weighted by Crippen LogP contribution is 2.20. The molecular formula is C16H18N4O2. The van der Waals surface area contributed by atoms with Crippen molar-refractivity contribution in [3.05, 3.63) is 53.3 Å². The average Bonchev–Trinajstić information content (AvgIpc) is 3.03. The monoisotopic (exact) mass is 298 g/mol. The fraction of sp³-hybridized carbons (Fsp3) is 0.312. The number of carbonyl (C=O) groups is 1. The Kier molecular flexibility index (Phi) is 4.60. The summed E-state index contributed by atoms with van der Waals surface area (Å²) in [5.74, 6) is 0.554. The number of amides is 1. The topological polar surface area (TPSA) is 76.1 Å². The lowest BCUT2D eigenvalue weighted by Crippen LogP contribution is -2.26. The summed E-state index contributed by atoms with van der Waals surface area (Å²) >= 11 is 0. The standard InChI is InChI=1S/C16H18N4O2/c21-15(12-3-4-13-10-22-11-14(13)9-12)17-5-1-6-18-16-19-7-2-8-20-16/h2-4,7-9H,1,5-6,10-11H2,(H,17,21)(H,18,19,20). The first-order chi connectivity index (χ1) is 10.8. The van der Waals surface area contributed by atoms with Crippen LogP contribution in [0.25, 0.3) is 0 Å². The maximum absolute atomic E-state index is 12.1. The van der Waals surface area contributed by atoms with Gasteiger partial charge in [-0.3, -0.25) is 4.79 Å². The normalized spacial score (nSPS) is 12.7. The van der Waals surface area contributed by atoms with Crippen LogP contribution < -0.4 is 10.6 Å². The first-order valence-electron chi connectivity index (χ1n) is 7.31. The van der Waals surface area contributed by atoms with Crippen LogP contribution in [0.5, 0.6) is 0 Å². The number of benzene rings is 1. The van der Waals surface area contributed by atoms with Crippen LogP contribution in [0.1, 0.15) is 27.9 Å². The number of hydrogen-bond donors (Lipinski definition) is 2. The Labute approximate surface area is 128 Å². The van der Waals surface area contributed by atoms with Crippen molar-refractivity contribution in [2.75, 3.05) is 18.4 Å². The lowest BCUT2D eigenvalue weighted by molar-refractivity contribution is 0.0953. The van der Waals surface area contributed by atoms with E-state index in [1.807, 2.05) is 18.2 Å². The molecule has 6 heteroatoms. The van der Waals surface area contributed by atoms with Gasteiger partial charge in [0.2, 0.25) is 5.95 Å². The molecule has 22 heavy (non-hydrogen) atoms. The Bertz CT molecular complexity index is 646. The lowest BCUT2D eigenvalue weighted by Gasteiger charge is -2.07. The van der Waals surface area contributed by atoms with Crippen molar-refractivity contribution in [1.29, 1.82) is 0 Å².